The van der Waals surface area contributed by atoms with E-state index in [1.54, 1.807) is 38.4 Å². The SMILES string of the molecule is CCCC(C#N)C(=O)N(C)c1ccc(OC)cc1. The number of methoxy groups -OCH3 is 1. The third kappa shape index (κ3) is 3.24. The van der Waals surface area contributed by atoms with E-state index in [0.717, 1.165) is 17.9 Å². The first-order valence-electron chi connectivity index (χ1n) is 5.95. The molecule has 0 spiro atoms. The van der Waals surface area contributed by atoms with Gasteiger partial charge in [-0.3, -0.25) is 4.79 Å². The Morgan fingerprint density at radius 3 is 2.50 bits per heavy atom. The predicted octanol–water partition coefficient (Wildman–Crippen LogP) is 2.60. The van der Waals surface area contributed by atoms with Crippen LogP contribution in [0.2, 0.25) is 0 Å². The van der Waals surface area contributed by atoms with Gasteiger partial charge in [0.05, 0.1) is 13.2 Å². The highest BCUT2D eigenvalue weighted by molar-refractivity contribution is 5.96. The van der Waals surface area contributed by atoms with Crippen LogP contribution >= 0.6 is 0 Å². The largest absolute Gasteiger partial charge is 0.497 e. The van der Waals surface area contributed by atoms with Gasteiger partial charge in [0, 0.05) is 12.7 Å². The third-order valence-corrected chi connectivity index (χ3v) is 2.82. The topological polar surface area (TPSA) is 53.3 Å². The lowest BCUT2D eigenvalue weighted by atomic mass is 10.0. The minimum absolute atomic E-state index is 0.162. The van der Waals surface area contributed by atoms with Crippen LogP contribution < -0.4 is 9.64 Å². The Balaban J connectivity index is 2.82. The number of nitriles is 1. The molecule has 0 radical (unpaired) electrons. The fraction of sp³-hybridized carbons (Fsp3) is 0.429. The number of carbonyl (C=O) groups is 1. The second-order valence-electron chi connectivity index (χ2n) is 4.07. The molecule has 96 valence electrons. The van der Waals surface area contributed by atoms with Crippen LogP contribution in [-0.4, -0.2) is 20.1 Å². The van der Waals surface area contributed by atoms with Crippen LogP contribution in [0.3, 0.4) is 0 Å². The normalized spacial score (nSPS) is 11.4. The molecule has 0 heterocycles. The first-order valence-corrected chi connectivity index (χ1v) is 5.95. The number of hydrogen-bond donors (Lipinski definition) is 0. The summed E-state index contributed by atoms with van der Waals surface area (Å²) in [4.78, 5) is 13.6. The smallest absolute Gasteiger partial charge is 0.244 e. The van der Waals surface area contributed by atoms with Crippen LogP contribution in [0.15, 0.2) is 24.3 Å². The Morgan fingerprint density at radius 1 is 1.44 bits per heavy atom. The maximum Gasteiger partial charge on any atom is 0.244 e. The average Bonchev–Trinajstić information content (AvgIpc) is 2.43. The summed E-state index contributed by atoms with van der Waals surface area (Å²) in [5, 5.41) is 8.99. The first kappa shape index (κ1) is 14.0. The Hall–Kier alpha value is -2.02. The first-order chi connectivity index (χ1) is 8.63. The van der Waals surface area contributed by atoms with Crippen molar-refractivity contribution in [3.8, 4) is 11.8 Å². The van der Waals surface area contributed by atoms with Crippen molar-refractivity contribution in [1.82, 2.24) is 0 Å². The van der Waals surface area contributed by atoms with Gasteiger partial charge in [-0.15, -0.1) is 0 Å². The quantitative estimate of drug-likeness (QED) is 0.802. The zero-order valence-electron chi connectivity index (χ0n) is 11.0. The molecule has 0 saturated heterocycles. The summed E-state index contributed by atoms with van der Waals surface area (Å²) in [6, 6.07) is 9.25. The standard InChI is InChI=1S/C14H18N2O2/c1-4-5-11(10-15)14(17)16(2)12-6-8-13(18-3)9-7-12/h6-9,11H,4-5H2,1-3H3. The molecule has 0 aliphatic heterocycles. The molecule has 1 atom stereocenters. The summed E-state index contributed by atoms with van der Waals surface area (Å²) in [6.07, 6.45) is 1.41. The Labute approximate surface area is 108 Å². The molecule has 1 aromatic rings. The van der Waals surface area contributed by atoms with Gasteiger partial charge >= 0.3 is 0 Å². The number of rotatable bonds is 5. The van der Waals surface area contributed by atoms with Crippen molar-refractivity contribution in [3.05, 3.63) is 24.3 Å². The zero-order chi connectivity index (χ0) is 13.5. The number of nitrogens with zero attached hydrogens (tertiary/aromatic N) is 2. The summed E-state index contributed by atoms with van der Waals surface area (Å²) in [5.41, 5.74) is 0.761. The predicted molar refractivity (Wildman–Crippen MR) is 70.4 cm³/mol. The van der Waals surface area contributed by atoms with E-state index in [9.17, 15) is 4.79 Å². The second-order valence-corrected chi connectivity index (χ2v) is 4.07. The maximum absolute atomic E-state index is 12.1. The Bertz CT molecular complexity index is 434. The van der Waals surface area contributed by atoms with Crippen molar-refractivity contribution in [1.29, 1.82) is 5.26 Å². The molecule has 0 bridgehead atoms. The molecule has 0 fully saturated rings. The molecule has 1 amide bonds. The minimum atomic E-state index is -0.567. The fourth-order valence-electron chi connectivity index (χ4n) is 1.70. The fourth-order valence-corrected chi connectivity index (χ4v) is 1.70. The number of benzene rings is 1. The van der Waals surface area contributed by atoms with Gasteiger partial charge in [0.25, 0.3) is 0 Å². The summed E-state index contributed by atoms with van der Waals surface area (Å²) in [7, 11) is 3.28. The summed E-state index contributed by atoms with van der Waals surface area (Å²) in [5.74, 6) is 0.0107. The minimum Gasteiger partial charge on any atom is -0.497 e. The third-order valence-electron chi connectivity index (χ3n) is 2.82. The highest BCUT2D eigenvalue weighted by Crippen LogP contribution is 2.20. The summed E-state index contributed by atoms with van der Waals surface area (Å²) < 4.78 is 5.06. The van der Waals surface area contributed by atoms with Gasteiger partial charge in [-0.25, -0.2) is 0 Å². The molecule has 1 unspecified atom stereocenters. The Morgan fingerprint density at radius 2 is 2.06 bits per heavy atom. The van der Waals surface area contributed by atoms with Crippen molar-refractivity contribution < 1.29 is 9.53 Å². The van der Waals surface area contributed by atoms with Crippen LogP contribution in [-0.2, 0) is 4.79 Å². The van der Waals surface area contributed by atoms with Crippen molar-refractivity contribution in [2.75, 3.05) is 19.1 Å². The van der Waals surface area contributed by atoms with Crippen LogP contribution in [0.4, 0.5) is 5.69 Å². The van der Waals surface area contributed by atoms with E-state index < -0.39 is 5.92 Å². The van der Waals surface area contributed by atoms with E-state index in [4.69, 9.17) is 10.00 Å². The summed E-state index contributed by atoms with van der Waals surface area (Å²) >= 11 is 0. The molecule has 1 aromatic carbocycles. The number of hydrogen-bond acceptors (Lipinski definition) is 3. The molecule has 18 heavy (non-hydrogen) atoms. The van der Waals surface area contributed by atoms with E-state index in [-0.39, 0.29) is 5.91 Å². The Kier molecular flexibility index (Phi) is 5.19. The van der Waals surface area contributed by atoms with E-state index in [2.05, 4.69) is 6.07 Å². The molecular formula is C14H18N2O2. The van der Waals surface area contributed by atoms with E-state index in [0.29, 0.717) is 6.42 Å². The molecule has 0 aliphatic rings. The van der Waals surface area contributed by atoms with Gasteiger partial charge in [-0.1, -0.05) is 13.3 Å². The number of anilines is 1. The lowest BCUT2D eigenvalue weighted by molar-refractivity contribution is -0.120. The number of amides is 1. The molecule has 0 aliphatic carbocycles. The van der Waals surface area contributed by atoms with Gasteiger partial charge in [0.1, 0.15) is 11.7 Å². The van der Waals surface area contributed by atoms with E-state index in [1.807, 2.05) is 6.92 Å². The lowest BCUT2D eigenvalue weighted by Crippen LogP contribution is -2.32. The van der Waals surface area contributed by atoms with Gasteiger partial charge in [0.15, 0.2) is 0 Å². The number of ether oxygens (including phenoxy) is 1. The molecular weight excluding hydrogens is 228 g/mol. The van der Waals surface area contributed by atoms with Crippen LogP contribution in [0, 0.1) is 17.2 Å². The van der Waals surface area contributed by atoms with Gasteiger partial charge in [-0.2, -0.15) is 5.26 Å². The molecule has 0 aromatic heterocycles. The van der Waals surface area contributed by atoms with Gasteiger partial charge in [-0.05, 0) is 30.7 Å². The molecule has 0 N–H and O–H groups in total. The van der Waals surface area contributed by atoms with Crippen molar-refractivity contribution in [3.63, 3.8) is 0 Å². The molecule has 0 saturated carbocycles. The lowest BCUT2D eigenvalue weighted by Gasteiger charge is -2.20. The highest BCUT2D eigenvalue weighted by atomic mass is 16.5. The highest BCUT2D eigenvalue weighted by Gasteiger charge is 2.21. The maximum atomic E-state index is 12.1. The van der Waals surface area contributed by atoms with Crippen molar-refractivity contribution in [2.24, 2.45) is 5.92 Å². The van der Waals surface area contributed by atoms with Crippen LogP contribution in [0.1, 0.15) is 19.8 Å². The van der Waals surface area contributed by atoms with E-state index in [1.165, 1.54) is 4.90 Å². The molecule has 1 rings (SSSR count). The molecule has 4 nitrogen and oxygen atoms in total. The van der Waals surface area contributed by atoms with E-state index >= 15 is 0 Å². The number of carbonyl (C=O) groups excluding carboxylic acids is 1. The van der Waals surface area contributed by atoms with Gasteiger partial charge < -0.3 is 9.64 Å². The van der Waals surface area contributed by atoms with Crippen molar-refractivity contribution >= 4 is 11.6 Å². The molecule has 4 heteroatoms. The van der Waals surface area contributed by atoms with Crippen molar-refractivity contribution in [2.45, 2.75) is 19.8 Å². The monoisotopic (exact) mass is 246 g/mol. The van der Waals surface area contributed by atoms with Crippen LogP contribution in [0.25, 0.3) is 0 Å². The second kappa shape index (κ2) is 6.65. The van der Waals surface area contributed by atoms with Crippen LogP contribution in [0.5, 0.6) is 5.75 Å². The van der Waals surface area contributed by atoms with Gasteiger partial charge in [0.2, 0.25) is 5.91 Å². The summed E-state index contributed by atoms with van der Waals surface area (Å²) in [6.45, 7) is 1.96. The average molecular weight is 246 g/mol. The zero-order valence-corrected chi connectivity index (χ0v) is 11.0.